The first-order valence-electron chi connectivity index (χ1n) is 7.19. The number of likely N-dealkylation sites (tertiary alicyclic amines) is 1. The molecule has 1 saturated heterocycles. The standard InChI is InChI=1S/C15H21ClN2O2/c1-10(17)12-3-2-4-18(8-12)7-11-5-13(16)15-14(6-11)19-9-20-15/h5-6,10,12H,2-4,7-9,17H2,1H3. The molecule has 0 saturated carbocycles. The second-order valence-corrected chi connectivity index (χ2v) is 6.22. The van der Waals surface area contributed by atoms with Gasteiger partial charge in [0.1, 0.15) is 0 Å². The molecule has 1 aromatic carbocycles. The van der Waals surface area contributed by atoms with Gasteiger partial charge in [0.25, 0.3) is 0 Å². The molecule has 20 heavy (non-hydrogen) atoms. The third kappa shape index (κ3) is 2.87. The Morgan fingerprint density at radius 1 is 1.45 bits per heavy atom. The summed E-state index contributed by atoms with van der Waals surface area (Å²) in [4.78, 5) is 2.45. The second kappa shape index (κ2) is 5.80. The number of benzene rings is 1. The lowest BCUT2D eigenvalue weighted by Crippen LogP contribution is -2.41. The Kier molecular flexibility index (Phi) is 4.06. The summed E-state index contributed by atoms with van der Waals surface area (Å²) < 4.78 is 10.8. The first kappa shape index (κ1) is 14.0. The average Bonchev–Trinajstić information content (AvgIpc) is 2.88. The molecule has 0 aromatic heterocycles. The van der Waals surface area contributed by atoms with E-state index in [2.05, 4.69) is 11.8 Å². The SMILES string of the molecule is CC(N)C1CCCN(Cc2cc(Cl)c3c(c2)OCO3)C1. The molecule has 2 heterocycles. The van der Waals surface area contributed by atoms with E-state index < -0.39 is 0 Å². The van der Waals surface area contributed by atoms with Crippen molar-refractivity contribution in [3.8, 4) is 11.5 Å². The van der Waals surface area contributed by atoms with E-state index in [0.717, 1.165) is 25.4 Å². The van der Waals surface area contributed by atoms with Crippen LogP contribution in [0.1, 0.15) is 25.3 Å². The molecule has 2 atom stereocenters. The summed E-state index contributed by atoms with van der Waals surface area (Å²) in [7, 11) is 0. The van der Waals surface area contributed by atoms with E-state index in [4.69, 9.17) is 26.8 Å². The van der Waals surface area contributed by atoms with Gasteiger partial charge in [-0.3, -0.25) is 4.90 Å². The van der Waals surface area contributed by atoms with Crippen molar-refractivity contribution in [2.45, 2.75) is 32.4 Å². The van der Waals surface area contributed by atoms with Gasteiger partial charge < -0.3 is 15.2 Å². The van der Waals surface area contributed by atoms with Crippen LogP contribution in [0.15, 0.2) is 12.1 Å². The van der Waals surface area contributed by atoms with Crippen molar-refractivity contribution < 1.29 is 9.47 Å². The summed E-state index contributed by atoms with van der Waals surface area (Å²) in [6.07, 6.45) is 2.44. The lowest BCUT2D eigenvalue weighted by molar-refractivity contribution is 0.154. The van der Waals surface area contributed by atoms with Crippen molar-refractivity contribution in [1.82, 2.24) is 4.90 Å². The number of halogens is 1. The highest BCUT2D eigenvalue weighted by Crippen LogP contribution is 2.40. The maximum absolute atomic E-state index is 6.23. The van der Waals surface area contributed by atoms with Crippen LogP contribution in [0.2, 0.25) is 5.02 Å². The van der Waals surface area contributed by atoms with Gasteiger partial charge in [-0.05, 0) is 49.9 Å². The zero-order valence-corrected chi connectivity index (χ0v) is 12.5. The summed E-state index contributed by atoms with van der Waals surface area (Å²) in [5.74, 6) is 2.02. The number of nitrogens with two attached hydrogens (primary N) is 1. The third-order valence-corrected chi connectivity index (χ3v) is 4.46. The van der Waals surface area contributed by atoms with E-state index in [9.17, 15) is 0 Å². The smallest absolute Gasteiger partial charge is 0.231 e. The van der Waals surface area contributed by atoms with Crippen molar-refractivity contribution in [2.24, 2.45) is 11.7 Å². The molecular formula is C15H21ClN2O2. The predicted molar refractivity (Wildman–Crippen MR) is 79.2 cm³/mol. The number of hydrogen-bond acceptors (Lipinski definition) is 4. The maximum Gasteiger partial charge on any atom is 0.231 e. The minimum atomic E-state index is 0.259. The van der Waals surface area contributed by atoms with E-state index in [1.54, 1.807) is 0 Å². The molecule has 4 nitrogen and oxygen atoms in total. The number of piperidine rings is 1. The zero-order valence-electron chi connectivity index (χ0n) is 11.8. The second-order valence-electron chi connectivity index (χ2n) is 5.81. The quantitative estimate of drug-likeness (QED) is 0.931. The fourth-order valence-electron chi connectivity index (χ4n) is 3.03. The van der Waals surface area contributed by atoms with Crippen molar-refractivity contribution in [2.75, 3.05) is 19.9 Å². The molecular weight excluding hydrogens is 276 g/mol. The minimum absolute atomic E-state index is 0.259. The normalized spacial score (nSPS) is 23.9. The number of fused-ring (bicyclic) bond motifs is 1. The summed E-state index contributed by atoms with van der Waals surface area (Å²) >= 11 is 6.23. The van der Waals surface area contributed by atoms with E-state index in [1.807, 2.05) is 12.1 Å². The zero-order chi connectivity index (χ0) is 14.1. The summed E-state index contributed by atoms with van der Waals surface area (Å²) in [6.45, 7) is 5.43. The van der Waals surface area contributed by atoms with Crippen LogP contribution in [0.4, 0.5) is 0 Å². The molecule has 2 N–H and O–H groups in total. The van der Waals surface area contributed by atoms with Crippen molar-refractivity contribution in [3.63, 3.8) is 0 Å². The van der Waals surface area contributed by atoms with Crippen LogP contribution in [0.5, 0.6) is 11.5 Å². The number of rotatable bonds is 3. The summed E-state index contributed by atoms with van der Waals surface area (Å²) in [5, 5.41) is 0.635. The van der Waals surface area contributed by atoms with Gasteiger partial charge in [-0.1, -0.05) is 11.6 Å². The number of nitrogens with zero attached hydrogens (tertiary/aromatic N) is 1. The van der Waals surface area contributed by atoms with Crippen LogP contribution in [0, 0.1) is 5.92 Å². The van der Waals surface area contributed by atoms with E-state index in [1.165, 1.54) is 18.4 Å². The van der Waals surface area contributed by atoms with Crippen molar-refractivity contribution >= 4 is 11.6 Å². The van der Waals surface area contributed by atoms with Gasteiger partial charge in [0.2, 0.25) is 6.79 Å². The van der Waals surface area contributed by atoms with Crippen LogP contribution in [0.3, 0.4) is 0 Å². The summed E-state index contributed by atoms with van der Waals surface area (Å²) in [6, 6.07) is 4.27. The van der Waals surface area contributed by atoms with Crippen LogP contribution in [0.25, 0.3) is 0 Å². The van der Waals surface area contributed by atoms with Gasteiger partial charge in [-0.2, -0.15) is 0 Å². The molecule has 0 spiro atoms. The fourth-order valence-corrected chi connectivity index (χ4v) is 3.32. The van der Waals surface area contributed by atoms with Crippen molar-refractivity contribution in [1.29, 1.82) is 0 Å². The van der Waals surface area contributed by atoms with Crippen LogP contribution in [-0.4, -0.2) is 30.8 Å². The topological polar surface area (TPSA) is 47.7 Å². The van der Waals surface area contributed by atoms with E-state index >= 15 is 0 Å². The van der Waals surface area contributed by atoms with E-state index in [-0.39, 0.29) is 12.8 Å². The Balaban J connectivity index is 1.70. The highest BCUT2D eigenvalue weighted by atomic mass is 35.5. The Morgan fingerprint density at radius 3 is 3.10 bits per heavy atom. The van der Waals surface area contributed by atoms with Crippen LogP contribution >= 0.6 is 11.6 Å². The highest BCUT2D eigenvalue weighted by molar-refractivity contribution is 6.32. The van der Waals surface area contributed by atoms with Gasteiger partial charge in [-0.15, -0.1) is 0 Å². The number of hydrogen-bond donors (Lipinski definition) is 1. The molecule has 5 heteroatoms. The monoisotopic (exact) mass is 296 g/mol. The molecule has 110 valence electrons. The Bertz CT molecular complexity index is 493. The number of ether oxygens (including phenoxy) is 2. The van der Waals surface area contributed by atoms with Gasteiger partial charge in [-0.25, -0.2) is 0 Å². The first-order valence-corrected chi connectivity index (χ1v) is 7.57. The molecule has 0 amide bonds. The van der Waals surface area contributed by atoms with Crippen LogP contribution in [-0.2, 0) is 6.54 Å². The van der Waals surface area contributed by atoms with Gasteiger partial charge >= 0.3 is 0 Å². The van der Waals surface area contributed by atoms with E-state index in [0.29, 0.717) is 16.7 Å². The largest absolute Gasteiger partial charge is 0.454 e. The fraction of sp³-hybridized carbons (Fsp3) is 0.600. The molecule has 2 aliphatic rings. The molecule has 0 radical (unpaired) electrons. The van der Waals surface area contributed by atoms with Crippen LogP contribution < -0.4 is 15.2 Å². The minimum Gasteiger partial charge on any atom is -0.454 e. The lowest BCUT2D eigenvalue weighted by atomic mass is 9.92. The molecule has 1 aromatic rings. The molecule has 0 aliphatic carbocycles. The first-order chi connectivity index (χ1) is 9.63. The van der Waals surface area contributed by atoms with Gasteiger partial charge in [0.05, 0.1) is 5.02 Å². The van der Waals surface area contributed by atoms with Gasteiger partial charge in [0.15, 0.2) is 11.5 Å². The lowest BCUT2D eigenvalue weighted by Gasteiger charge is -2.34. The third-order valence-electron chi connectivity index (χ3n) is 4.18. The van der Waals surface area contributed by atoms with Gasteiger partial charge in [0, 0.05) is 19.1 Å². The Morgan fingerprint density at radius 2 is 2.30 bits per heavy atom. The summed E-state index contributed by atoms with van der Waals surface area (Å²) in [5.41, 5.74) is 7.21. The highest BCUT2D eigenvalue weighted by Gasteiger charge is 2.24. The molecule has 3 rings (SSSR count). The Labute approximate surface area is 124 Å². The molecule has 2 unspecified atom stereocenters. The average molecular weight is 297 g/mol. The molecule has 2 aliphatic heterocycles. The maximum atomic E-state index is 6.23. The Hall–Kier alpha value is -0.970. The van der Waals surface area contributed by atoms with Crippen molar-refractivity contribution in [3.05, 3.63) is 22.7 Å². The molecule has 0 bridgehead atoms. The predicted octanol–water partition coefficient (Wildman–Crippen LogP) is 2.63. The molecule has 1 fully saturated rings.